The van der Waals surface area contributed by atoms with Gasteiger partial charge in [-0.05, 0) is 42.0 Å². The standard InChI is InChI=1S/C21H20N4O/c1-26-18-8-4-16(5-9-18)21-19-14-23-13-11-20(19)25(24-21)17-6-2-15(3-7-17)10-12-22/h2-9,23H,10-11,13-14H2,1H3. The van der Waals surface area contributed by atoms with Crippen molar-refractivity contribution < 1.29 is 4.74 Å². The fourth-order valence-electron chi connectivity index (χ4n) is 3.39. The average molecular weight is 344 g/mol. The van der Waals surface area contributed by atoms with Gasteiger partial charge in [-0.3, -0.25) is 0 Å². The Labute approximate surface area is 152 Å². The highest BCUT2D eigenvalue weighted by atomic mass is 16.5. The van der Waals surface area contributed by atoms with Crippen LogP contribution in [0.15, 0.2) is 48.5 Å². The normalized spacial score (nSPS) is 13.1. The number of nitriles is 1. The molecule has 2 aromatic carbocycles. The summed E-state index contributed by atoms with van der Waals surface area (Å²) >= 11 is 0. The summed E-state index contributed by atoms with van der Waals surface area (Å²) in [5, 5.41) is 17.2. The first-order chi connectivity index (χ1) is 12.8. The lowest BCUT2D eigenvalue weighted by Gasteiger charge is -2.16. The van der Waals surface area contributed by atoms with Gasteiger partial charge in [-0.15, -0.1) is 0 Å². The molecule has 130 valence electrons. The summed E-state index contributed by atoms with van der Waals surface area (Å²) in [5.74, 6) is 0.841. The highest BCUT2D eigenvalue weighted by Gasteiger charge is 2.22. The molecule has 0 aliphatic carbocycles. The van der Waals surface area contributed by atoms with E-state index >= 15 is 0 Å². The molecule has 0 fully saturated rings. The van der Waals surface area contributed by atoms with Gasteiger partial charge in [0.05, 0.1) is 36.7 Å². The maximum Gasteiger partial charge on any atom is 0.118 e. The van der Waals surface area contributed by atoms with Crippen molar-refractivity contribution in [2.45, 2.75) is 19.4 Å². The monoisotopic (exact) mass is 344 g/mol. The van der Waals surface area contributed by atoms with Gasteiger partial charge in [-0.1, -0.05) is 12.1 Å². The zero-order valence-corrected chi connectivity index (χ0v) is 14.7. The van der Waals surface area contributed by atoms with Crippen LogP contribution in [0.3, 0.4) is 0 Å². The quantitative estimate of drug-likeness (QED) is 0.789. The molecule has 1 aromatic heterocycles. The van der Waals surface area contributed by atoms with Gasteiger partial charge < -0.3 is 10.1 Å². The third-order valence-electron chi connectivity index (χ3n) is 4.76. The first kappa shape index (κ1) is 16.4. The molecule has 4 rings (SSSR count). The van der Waals surface area contributed by atoms with Gasteiger partial charge in [0.1, 0.15) is 5.75 Å². The Kier molecular flexibility index (Phi) is 4.42. The Morgan fingerprint density at radius 1 is 1.15 bits per heavy atom. The van der Waals surface area contributed by atoms with E-state index in [9.17, 15) is 0 Å². The molecule has 0 spiro atoms. The number of benzene rings is 2. The molecule has 0 amide bonds. The number of hydrogen-bond donors (Lipinski definition) is 1. The van der Waals surface area contributed by atoms with Crippen molar-refractivity contribution in [3.8, 4) is 28.8 Å². The van der Waals surface area contributed by atoms with Crippen LogP contribution in [0.2, 0.25) is 0 Å². The van der Waals surface area contributed by atoms with Crippen LogP contribution in [-0.2, 0) is 19.4 Å². The molecular weight excluding hydrogens is 324 g/mol. The molecule has 1 aliphatic heterocycles. The number of nitrogens with zero attached hydrogens (tertiary/aromatic N) is 3. The van der Waals surface area contributed by atoms with E-state index in [0.29, 0.717) is 6.42 Å². The Morgan fingerprint density at radius 2 is 1.92 bits per heavy atom. The maximum atomic E-state index is 8.85. The van der Waals surface area contributed by atoms with Crippen LogP contribution in [0.1, 0.15) is 16.8 Å². The van der Waals surface area contributed by atoms with E-state index in [1.165, 1.54) is 11.3 Å². The molecule has 0 saturated heterocycles. The second-order valence-electron chi connectivity index (χ2n) is 6.34. The molecule has 3 aromatic rings. The molecule has 1 N–H and O–H groups in total. The van der Waals surface area contributed by atoms with Crippen molar-refractivity contribution in [1.29, 1.82) is 5.26 Å². The molecule has 0 unspecified atom stereocenters. The van der Waals surface area contributed by atoms with Crippen molar-refractivity contribution in [2.24, 2.45) is 0 Å². The molecule has 0 saturated carbocycles. The summed E-state index contributed by atoms with van der Waals surface area (Å²) in [6.45, 7) is 1.77. The van der Waals surface area contributed by atoms with E-state index in [0.717, 1.165) is 47.8 Å². The lowest BCUT2D eigenvalue weighted by Crippen LogP contribution is -2.24. The lowest BCUT2D eigenvalue weighted by molar-refractivity contribution is 0.415. The topological polar surface area (TPSA) is 62.9 Å². The van der Waals surface area contributed by atoms with Crippen LogP contribution in [0.25, 0.3) is 16.9 Å². The minimum atomic E-state index is 0.429. The lowest BCUT2D eigenvalue weighted by atomic mass is 10.0. The van der Waals surface area contributed by atoms with Crippen LogP contribution in [0.4, 0.5) is 0 Å². The summed E-state index contributed by atoms with van der Waals surface area (Å²) in [6.07, 6.45) is 1.37. The second kappa shape index (κ2) is 7.03. The molecule has 0 radical (unpaired) electrons. The minimum absolute atomic E-state index is 0.429. The summed E-state index contributed by atoms with van der Waals surface area (Å²) in [6, 6.07) is 18.3. The third-order valence-corrected chi connectivity index (χ3v) is 4.76. The zero-order valence-electron chi connectivity index (χ0n) is 14.7. The molecule has 0 atom stereocenters. The number of fused-ring (bicyclic) bond motifs is 1. The minimum Gasteiger partial charge on any atom is -0.497 e. The molecular formula is C21H20N4O. The first-order valence-corrected chi connectivity index (χ1v) is 8.72. The van der Waals surface area contributed by atoms with E-state index in [1.807, 2.05) is 41.1 Å². The average Bonchev–Trinajstić information content (AvgIpc) is 3.09. The van der Waals surface area contributed by atoms with Crippen molar-refractivity contribution in [2.75, 3.05) is 13.7 Å². The van der Waals surface area contributed by atoms with Crippen molar-refractivity contribution in [3.63, 3.8) is 0 Å². The number of aromatic nitrogens is 2. The molecule has 26 heavy (non-hydrogen) atoms. The van der Waals surface area contributed by atoms with Gasteiger partial charge >= 0.3 is 0 Å². The summed E-state index contributed by atoms with van der Waals surface area (Å²) in [4.78, 5) is 0. The van der Waals surface area contributed by atoms with Crippen molar-refractivity contribution in [3.05, 3.63) is 65.4 Å². The molecule has 2 heterocycles. The molecule has 5 nitrogen and oxygen atoms in total. The highest BCUT2D eigenvalue weighted by Crippen LogP contribution is 2.30. The first-order valence-electron chi connectivity index (χ1n) is 8.72. The van der Waals surface area contributed by atoms with Crippen LogP contribution in [0.5, 0.6) is 5.75 Å². The Balaban J connectivity index is 1.78. The second-order valence-corrected chi connectivity index (χ2v) is 6.34. The van der Waals surface area contributed by atoms with Crippen molar-refractivity contribution >= 4 is 0 Å². The summed E-state index contributed by atoms with van der Waals surface area (Å²) in [5.41, 5.74) is 6.66. The summed E-state index contributed by atoms with van der Waals surface area (Å²) in [7, 11) is 1.67. The zero-order chi connectivity index (χ0) is 17.9. The number of methoxy groups -OCH3 is 1. The molecule has 0 bridgehead atoms. The Bertz CT molecular complexity index is 949. The van der Waals surface area contributed by atoms with Gasteiger partial charge in [0.15, 0.2) is 0 Å². The SMILES string of the molecule is COc1ccc(-c2nn(-c3ccc(CC#N)cc3)c3c2CNCC3)cc1. The predicted molar refractivity (Wildman–Crippen MR) is 100 cm³/mol. The number of hydrogen-bond acceptors (Lipinski definition) is 4. The van der Waals surface area contributed by atoms with E-state index in [-0.39, 0.29) is 0 Å². The highest BCUT2D eigenvalue weighted by molar-refractivity contribution is 5.66. The van der Waals surface area contributed by atoms with E-state index in [4.69, 9.17) is 15.1 Å². The fraction of sp³-hybridized carbons (Fsp3) is 0.238. The number of ether oxygens (including phenoxy) is 1. The Hall–Kier alpha value is -3.10. The predicted octanol–water partition coefficient (Wildman–Crippen LogP) is 3.26. The fourth-order valence-corrected chi connectivity index (χ4v) is 3.39. The van der Waals surface area contributed by atoms with Crippen LogP contribution < -0.4 is 10.1 Å². The number of nitrogens with one attached hydrogen (secondary N) is 1. The molecule has 5 heteroatoms. The largest absolute Gasteiger partial charge is 0.497 e. The van der Waals surface area contributed by atoms with Crippen molar-refractivity contribution in [1.82, 2.24) is 15.1 Å². The van der Waals surface area contributed by atoms with E-state index < -0.39 is 0 Å². The van der Waals surface area contributed by atoms with Crippen LogP contribution >= 0.6 is 0 Å². The van der Waals surface area contributed by atoms with Gasteiger partial charge in [-0.25, -0.2) is 4.68 Å². The van der Waals surface area contributed by atoms with Gasteiger partial charge in [0.2, 0.25) is 0 Å². The van der Waals surface area contributed by atoms with Gasteiger partial charge in [-0.2, -0.15) is 10.4 Å². The van der Waals surface area contributed by atoms with Crippen LogP contribution in [-0.4, -0.2) is 23.4 Å². The Morgan fingerprint density at radius 3 is 2.62 bits per heavy atom. The maximum absolute atomic E-state index is 8.85. The smallest absolute Gasteiger partial charge is 0.118 e. The van der Waals surface area contributed by atoms with Crippen LogP contribution in [0, 0.1) is 11.3 Å². The van der Waals surface area contributed by atoms with E-state index in [1.54, 1.807) is 7.11 Å². The summed E-state index contributed by atoms with van der Waals surface area (Å²) < 4.78 is 7.31. The van der Waals surface area contributed by atoms with Gasteiger partial charge in [0, 0.05) is 30.6 Å². The van der Waals surface area contributed by atoms with E-state index in [2.05, 4.69) is 23.5 Å². The molecule has 1 aliphatic rings. The number of rotatable bonds is 4. The van der Waals surface area contributed by atoms with Gasteiger partial charge in [0.25, 0.3) is 0 Å². The third kappa shape index (κ3) is 2.96.